The zero-order valence-corrected chi connectivity index (χ0v) is 19.7. The SMILES string of the molecule is COC(=O)C1CCC(CNC(=O)c2cc(Cl)cc3c2N(Cc2ccc(Cl)cc2)CC3)CC1. The van der Waals surface area contributed by atoms with Crippen molar-refractivity contribution in [3.8, 4) is 0 Å². The molecule has 0 bridgehead atoms. The van der Waals surface area contributed by atoms with Crippen LogP contribution in [0.4, 0.5) is 5.69 Å². The summed E-state index contributed by atoms with van der Waals surface area (Å²) >= 11 is 12.4. The van der Waals surface area contributed by atoms with Gasteiger partial charge in [-0.05, 0) is 73.4 Å². The lowest BCUT2D eigenvalue weighted by molar-refractivity contribution is -0.146. The Morgan fingerprint density at radius 3 is 2.47 bits per heavy atom. The van der Waals surface area contributed by atoms with Gasteiger partial charge < -0.3 is 15.0 Å². The highest BCUT2D eigenvalue weighted by atomic mass is 35.5. The number of benzene rings is 2. The van der Waals surface area contributed by atoms with Crippen molar-refractivity contribution in [2.24, 2.45) is 11.8 Å². The van der Waals surface area contributed by atoms with E-state index in [4.69, 9.17) is 27.9 Å². The second kappa shape index (κ2) is 10.1. The van der Waals surface area contributed by atoms with Crippen molar-refractivity contribution in [1.29, 1.82) is 0 Å². The lowest BCUT2D eigenvalue weighted by Crippen LogP contribution is -2.33. The van der Waals surface area contributed by atoms with E-state index in [1.807, 2.05) is 30.3 Å². The van der Waals surface area contributed by atoms with Crippen LogP contribution in [0.15, 0.2) is 36.4 Å². The molecule has 1 saturated carbocycles. The molecule has 1 N–H and O–H groups in total. The van der Waals surface area contributed by atoms with Crippen molar-refractivity contribution in [2.75, 3.05) is 25.1 Å². The zero-order chi connectivity index (χ0) is 22.7. The lowest BCUT2D eigenvalue weighted by Gasteiger charge is -2.27. The lowest BCUT2D eigenvalue weighted by atomic mass is 9.82. The smallest absolute Gasteiger partial charge is 0.308 e. The number of anilines is 1. The van der Waals surface area contributed by atoms with Gasteiger partial charge in [-0.3, -0.25) is 9.59 Å². The van der Waals surface area contributed by atoms with Gasteiger partial charge in [0.2, 0.25) is 0 Å². The third kappa shape index (κ3) is 5.21. The van der Waals surface area contributed by atoms with Gasteiger partial charge in [-0.2, -0.15) is 0 Å². The molecule has 1 aliphatic heterocycles. The summed E-state index contributed by atoms with van der Waals surface area (Å²) in [4.78, 5) is 27.1. The van der Waals surface area contributed by atoms with Gasteiger partial charge in [-0.15, -0.1) is 0 Å². The minimum atomic E-state index is -0.122. The van der Waals surface area contributed by atoms with Gasteiger partial charge in [0.15, 0.2) is 0 Å². The minimum Gasteiger partial charge on any atom is -0.469 e. The molecular weight excluding hydrogens is 447 g/mol. The van der Waals surface area contributed by atoms with Crippen LogP contribution in [0.5, 0.6) is 0 Å². The molecule has 1 aliphatic carbocycles. The Labute approximate surface area is 199 Å². The number of halogens is 2. The summed E-state index contributed by atoms with van der Waals surface area (Å²) < 4.78 is 4.86. The van der Waals surface area contributed by atoms with E-state index in [2.05, 4.69) is 10.2 Å². The van der Waals surface area contributed by atoms with E-state index in [1.165, 1.54) is 7.11 Å². The molecule has 7 heteroatoms. The topological polar surface area (TPSA) is 58.6 Å². The summed E-state index contributed by atoms with van der Waals surface area (Å²) in [6.07, 6.45) is 4.32. The van der Waals surface area contributed by atoms with Crippen LogP contribution in [0.2, 0.25) is 10.0 Å². The number of ether oxygens (including phenoxy) is 1. The first-order valence-corrected chi connectivity index (χ1v) is 11.9. The summed E-state index contributed by atoms with van der Waals surface area (Å²) in [5.41, 5.74) is 3.85. The van der Waals surface area contributed by atoms with Crippen molar-refractivity contribution in [1.82, 2.24) is 5.32 Å². The molecule has 0 unspecified atom stereocenters. The number of esters is 1. The number of carbonyl (C=O) groups is 2. The average molecular weight is 475 g/mol. The molecule has 4 rings (SSSR count). The number of nitrogens with zero attached hydrogens (tertiary/aromatic N) is 1. The maximum absolute atomic E-state index is 13.2. The molecule has 0 spiro atoms. The summed E-state index contributed by atoms with van der Waals surface area (Å²) in [5.74, 6) is 0.145. The normalized spacial score (nSPS) is 20.0. The van der Waals surface area contributed by atoms with Crippen molar-refractivity contribution < 1.29 is 14.3 Å². The van der Waals surface area contributed by atoms with E-state index < -0.39 is 0 Å². The first-order valence-electron chi connectivity index (χ1n) is 11.1. The summed E-state index contributed by atoms with van der Waals surface area (Å²) in [5, 5.41) is 4.41. The van der Waals surface area contributed by atoms with Crippen molar-refractivity contribution in [3.63, 3.8) is 0 Å². The third-order valence-electron chi connectivity index (χ3n) is 6.58. The average Bonchev–Trinajstić information content (AvgIpc) is 3.20. The molecule has 32 heavy (non-hydrogen) atoms. The highest BCUT2D eigenvalue weighted by molar-refractivity contribution is 6.31. The Morgan fingerprint density at radius 1 is 1.06 bits per heavy atom. The van der Waals surface area contributed by atoms with Gasteiger partial charge in [0.05, 0.1) is 24.3 Å². The monoisotopic (exact) mass is 474 g/mol. The van der Waals surface area contributed by atoms with Crippen LogP contribution >= 0.6 is 23.2 Å². The van der Waals surface area contributed by atoms with Crippen LogP contribution < -0.4 is 10.2 Å². The second-order valence-electron chi connectivity index (χ2n) is 8.71. The molecule has 1 amide bonds. The predicted molar refractivity (Wildman–Crippen MR) is 127 cm³/mol. The second-order valence-corrected chi connectivity index (χ2v) is 9.58. The molecule has 0 aromatic heterocycles. The first kappa shape index (κ1) is 22.9. The molecule has 0 atom stereocenters. The van der Waals surface area contributed by atoms with E-state index in [0.29, 0.717) is 34.6 Å². The number of methoxy groups -OCH3 is 1. The molecule has 2 aliphatic rings. The van der Waals surface area contributed by atoms with Crippen LogP contribution in [0.1, 0.15) is 47.2 Å². The molecular formula is C25H28Cl2N2O3. The summed E-state index contributed by atoms with van der Waals surface area (Å²) in [7, 11) is 1.44. The fourth-order valence-corrected chi connectivity index (χ4v) is 5.20. The van der Waals surface area contributed by atoms with Crippen LogP contribution in [0.25, 0.3) is 0 Å². The Bertz CT molecular complexity index is 985. The maximum atomic E-state index is 13.2. The predicted octanol–water partition coefficient (Wildman–Crippen LogP) is 5.27. The third-order valence-corrected chi connectivity index (χ3v) is 7.05. The number of amides is 1. The highest BCUT2D eigenvalue weighted by Gasteiger charge is 2.29. The number of fused-ring (bicyclic) bond motifs is 1. The van der Waals surface area contributed by atoms with Gasteiger partial charge in [0.1, 0.15) is 0 Å². The molecule has 2 aromatic rings. The fourth-order valence-electron chi connectivity index (χ4n) is 4.83. The standard InChI is InChI=1S/C25H28Cl2N2O3/c1-32-25(31)18-6-2-16(3-7-18)14-28-24(30)22-13-21(27)12-19-10-11-29(23(19)22)15-17-4-8-20(26)9-5-17/h4-5,8-9,12-13,16,18H,2-3,6-7,10-11,14-15H2,1H3,(H,28,30). The summed E-state index contributed by atoms with van der Waals surface area (Å²) in [6, 6.07) is 11.5. The minimum absolute atomic E-state index is 0.00965. The van der Waals surface area contributed by atoms with Crippen LogP contribution in [-0.2, 0) is 22.5 Å². The van der Waals surface area contributed by atoms with Gasteiger partial charge >= 0.3 is 5.97 Å². The first-order chi connectivity index (χ1) is 15.4. The van der Waals surface area contributed by atoms with E-state index in [9.17, 15) is 9.59 Å². The van der Waals surface area contributed by atoms with Crippen molar-refractivity contribution in [2.45, 2.75) is 38.6 Å². The molecule has 2 aromatic carbocycles. The van der Waals surface area contributed by atoms with Crippen LogP contribution in [-0.4, -0.2) is 32.1 Å². The number of hydrogen-bond donors (Lipinski definition) is 1. The van der Waals surface area contributed by atoms with E-state index in [-0.39, 0.29) is 17.8 Å². The van der Waals surface area contributed by atoms with E-state index in [0.717, 1.165) is 55.5 Å². The number of carbonyl (C=O) groups excluding carboxylic acids is 2. The maximum Gasteiger partial charge on any atom is 0.308 e. The van der Waals surface area contributed by atoms with Crippen molar-refractivity contribution in [3.05, 3.63) is 63.1 Å². The highest BCUT2D eigenvalue weighted by Crippen LogP contribution is 2.36. The van der Waals surface area contributed by atoms with Gasteiger partial charge in [-0.1, -0.05) is 35.3 Å². The van der Waals surface area contributed by atoms with E-state index in [1.54, 1.807) is 6.07 Å². The molecule has 170 valence electrons. The Kier molecular flexibility index (Phi) is 7.27. The number of hydrogen-bond acceptors (Lipinski definition) is 4. The number of rotatable bonds is 6. The molecule has 0 saturated heterocycles. The Morgan fingerprint density at radius 2 is 1.78 bits per heavy atom. The van der Waals surface area contributed by atoms with E-state index >= 15 is 0 Å². The Balaban J connectivity index is 1.43. The van der Waals surface area contributed by atoms with Gasteiger partial charge in [0, 0.05) is 29.7 Å². The van der Waals surface area contributed by atoms with Crippen LogP contribution in [0, 0.1) is 11.8 Å². The fraction of sp³-hybridized carbons (Fsp3) is 0.440. The Hall–Kier alpha value is -2.24. The molecule has 1 heterocycles. The van der Waals surface area contributed by atoms with Gasteiger partial charge in [-0.25, -0.2) is 0 Å². The molecule has 1 fully saturated rings. The zero-order valence-electron chi connectivity index (χ0n) is 18.2. The van der Waals surface area contributed by atoms with Gasteiger partial charge in [0.25, 0.3) is 5.91 Å². The quantitative estimate of drug-likeness (QED) is 0.579. The van der Waals surface area contributed by atoms with Crippen molar-refractivity contribution >= 4 is 40.8 Å². The molecule has 0 radical (unpaired) electrons. The largest absolute Gasteiger partial charge is 0.469 e. The summed E-state index contributed by atoms with van der Waals surface area (Å²) in [6.45, 7) is 2.16. The van der Waals surface area contributed by atoms with Crippen LogP contribution in [0.3, 0.4) is 0 Å². The molecule has 5 nitrogen and oxygen atoms in total. The number of nitrogens with one attached hydrogen (secondary N) is 1.